The fourth-order valence-corrected chi connectivity index (χ4v) is 2.94. The third-order valence-electron chi connectivity index (χ3n) is 3.94. The van der Waals surface area contributed by atoms with Gasteiger partial charge in [-0.1, -0.05) is 0 Å². The van der Waals surface area contributed by atoms with Crippen molar-refractivity contribution in [1.29, 1.82) is 0 Å². The van der Waals surface area contributed by atoms with E-state index >= 15 is 4.39 Å². The van der Waals surface area contributed by atoms with E-state index in [1.54, 1.807) is 7.05 Å². The molecular formula is C12H16FN6O4P. The van der Waals surface area contributed by atoms with Crippen molar-refractivity contribution in [2.24, 2.45) is 0 Å². The normalized spacial score (nSPS) is 30.2. The second kappa shape index (κ2) is 6.17. The average Bonchev–Trinajstić information content (AvgIpc) is 3.05. The number of aliphatic hydroxyl groups excluding tert-OH is 1. The zero-order valence-corrected chi connectivity index (χ0v) is 13.8. The molecule has 0 unspecified atom stereocenters. The highest BCUT2D eigenvalue weighted by Gasteiger charge is 2.55. The summed E-state index contributed by atoms with van der Waals surface area (Å²) in [4.78, 5) is 12.3. The fraction of sp³-hybridized carbons (Fsp3) is 0.583. The first-order valence-electron chi connectivity index (χ1n) is 7.05. The van der Waals surface area contributed by atoms with E-state index in [2.05, 4.69) is 24.8 Å². The third-order valence-corrected chi connectivity index (χ3v) is 4.19. The summed E-state index contributed by atoms with van der Waals surface area (Å²) < 4.78 is 37.1. The Bertz CT molecular complexity index is 771. The van der Waals surface area contributed by atoms with Crippen molar-refractivity contribution in [3.05, 3.63) is 6.33 Å². The van der Waals surface area contributed by atoms with Crippen LogP contribution in [0.2, 0.25) is 0 Å². The van der Waals surface area contributed by atoms with E-state index in [4.69, 9.17) is 10.5 Å². The number of alkyl halides is 1. The molecule has 1 saturated heterocycles. The first kappa shape index (κ1) is 16.9. The Morgan fingerprint density at radius 2 is 2.38 bits per heavy atom. The van der Waals surface area contributed by atoms with Crippen LogP contribution in [0.3, 0.4) is 0 Å². The van der Waals surface area contributed by atoms with Crippen LogP contribution in [0.5, 0.6) is 0 Å². The summed E-state index contributed by atoms with van der Waals surface area (Å²) in [7, 11) is 1.07. The predicted octanol–water partition coefficient (Wildman–Crippen LogP) is 0.660. The Kier molecular flexibility index (Phi) is 4.35. The summed E-state index contributed by atoms with van der Waals surface area (Å²) >= 11 is 0. The van der Waals surface area contributed by atoms with Crippen LogP contribution in [0.1, 0.15) is 13.2 Å². The minimum atomic E-state index is -2.15. The number of hydrogen-bond donors (Lipinski definition) is 3. The van der Waals surface area contributed by atoms with Crippen molar-refractivity contribution in [3.63, 3.8) is 0 Å². The SMILES string of the molecule is CNc1nc(N)nc2c1ncn2[C@@H]1O[C@H](COP=O)[C@@H](O)[C@@]1(C)F. The van der Waals surface area contributed by atoms with Gasteiger partial charge in [0, 0.05) is 7.05 Å². The topological polar surface area (TPSA) is 137 Å². The maximum absolute atomic E-state index is 15.1. The van der Waals surface area contributed by atoms with Gasteiger partial charge in [-0.05, 0) is 6.92 Å². The number of nitrogens with two attached hydrogens (primary N) is 1. The molecule has 1 aliphatic heterocycles. The second-order valence-electron chi connectivity index (χ2n) is 5.50. The maximum atomic E-state index is 15.1. The quantitative estimate of drug-likeness (QED) is 0.658. The molecule has 3 rings (SSSR count). The lowest BCUT2D eigenvalue weighted by Gasteiger charge is -2.24. The zero-order chi connectivity index (χ0) is 17.5. The number of anilines is 2. The molecule has 10 nitrogen and oxygen atoms in total. The summed E-state index contributed by atoms with van der Waals surface area (Å²) in [6.45, 7) is 0.973. The fourth-order valence-electron chi connectivity index (χ4n) is 2.73. The lowest BCUT2D eigenvalue weighted by Crippen LogP contribution is -2.40. The summed E-state index contributed by atoms with van der Waals surface area (Å²) in [5, 5.41) is 13.0. The number of aromatic nitrogens is 4. The highest BCUT2D eigenvalue weighted by atomic mass is 31.1. The van der Waals surface area contributed by atoms with Crippen molar-refractivity contribution >= 4 is 31.6 Å². The Morgan fingerprint density at radius 1 is 1.62 bits per heavy atom. The van der Waals surface area contributed by atoms with Crippen molar-refractivity contribution in [1.82, 2.24) is 19.5 Å². The van der Waals surface area contributed by atoms with Gasteiger partial charge in [0.05, 0.1) is 12.9 Å². The number of nitrogens with one attached hydrogen (secondary N) is 1. The Labute approximate surface area is 137 Å². The summed E-state index contributed by atoms with van der Waals surface area (Å²) in [5.41, 5.74) is 4.17. The van der Waals surface area contributed by atoms with E-state index < -0.39 is 32.8 Å². The molecule has 0 aromatic carbocycles. The molecule has 0 aliphatic carbocycles. The van der Waals surface area contributed by atoms with E-state index in [1.807, 2.05) is 0 Å². The van der Waals surface area contributed by atoms with Gasteiger partial charge in [0.15, 0.2) is 28.9 Å². The molecule has 0 radical (unpaired) electrons. The molecule has 1 aliphatic rings. The minimum Gasteiger partial charge on any atom is -0.387 e. The van der Waals surface area contributed by atoms with E-state index in [-0.39, 0.29) is 18.2 Å². The number of rotatable bonds is 5. The van der Waals surface area contributed by atoms with E-state index in [0.717, 1.165) is 0 Å². The van der Waals surface area contributed by atoms with Gasteiger partial charge >= 0.3 is 8.69 Å². The van der Waals surface area contributed by atoms with Crippen LogP contribution < -0.4 is 11.1 Å². The van der Waals surface area contributed by atoms with Gasteiger partial charge in [0.1, 0.15) is 12.2 Å². The van der Waals surface area contributed by atoms with Crippen molar-refractivity contribution in [3.8, 4) is 0 Å². The first-order chi connectivity index (χ1) is 11.4. The minimum absolute atomic E-state index is 0.0160. The van der Waals surface area contributed by atoms with Gasteiger partial charge in [0.2, 0.25) is 5.95 Å². The van der Waals surface area contributed by atoms with Crippen LogP contribution in [-0.2, 0) is 13.8 Å². The molecule has 1 fully saturated rings. The number of nitrogens with zero attached hydrogens (tertiary/aromatic N) is 4. The Morgan fingerprint density at radius 3 is 3.04 bits per heavy atom. The molecule has 4 atom stereocenters. The van der Waals surface area contributed by atoms with Gasteiger partial charge in [-0.2, -0.15) is 9.97 Å². The smallest absolute Gasteiger partial charge is 0.327 e. The van der Waals surface area contributed by atoms with Crippen LogP contribution >= 0.6 is 8.69 Å². The van der Waals surface area contributed by atoms with Crippen LogP contribution in [0, 0.1) is 0 Å². The van der Waals surface area contributed by atoms with Crippen molar-refractivity contribution < 1.29 is 23.3 Å². The number of aliphatic hydroxyl groups is 1. The zero-order valence-electron chi connectivity index (χ0n) is 12.9. The van der Waals surface area contributed by atoms with E-state index in [1.165, 1.54) is 17.8 Å². The summed E-state index contributed by atoms with van der Waals surface area (Å²) in [5.74, 6) is 0.373. The number of ether oxygens (including phenoxy) is 1. The maximum Gasteiger partial charge on any atom is 0.327 e. The number of halogens is 1. The molecule has 4 N–H and O–H groups in total. The molecule has 0 bridgehead atoms. The number of imidazole rings is 1. The molecule has 24 heavy (non-hydrogen) atoms. The Balaban J connectivity index is 2.03. The molecule has 0 amide bonds. The summed E-state index contributed by atoms with van der Waals surface area (Å²) in [6.07, 6.45) is -2.35. The van der Waals surface area contributed by atoms with Gasteiger partial charge in [-0.3, -0.25) is 9.09 Å². The van der Waals surface area contributed by atoms with Crippen LogP contribution in [0.25, 0.3) is 11.2 Å². The standard InChI is InChI=1S/C12H16FN6O4P/c1-12(13)7(20)5(3-22-24-21)23-10(12)19-4-16-6-8(15-2)17-11(14)18-9(6)19/h4-5,7,10,20H,3H2,1-2H3,(H3,14,15,17,18)/t5-,7-,10-,12-/m1/s1. The van der Waals surface area contributed by atoms with Gasteiger partial charge in [0.25, 0.3) is 0 Å². The molecule has 2 aromatic rings. The van der Waals surface area contributed by atoms with Crippen LogP contribution in [-0.4, -0.2) is 56.2 Å². The molecule has 0 spiro atoms. The third kappa shape index (κ3) is 2.59. The van der Waals surface area contributed by atoms with Gasteiger partial charge in [-0.15, -0.1) is 0 Å². The molecule has 130 valence electrons. The first-order valence-corrected chi connectivity index (χ1v) is 7.78. The Hall–Kier alpha value is -1.94. The number of nitrogen functional groups attached to an aromatic ring is 1. The predicted molar refractivity (Wildman–Crippen MR) is 82.3 cm³/mol. The molecule has 0 saturated carbocycles. The lowest BCUT2D eigenvalue weighted by atomic mass is 9.98. The van der Waals surface area contributed by atoms with Crippen molar-refractivity contribution in [2.75, 3.05) is 24.7 Å². The van der Waals surface area contributed by atoms with Crippen molar-refractivity contribution in [2.45, 2.75) is 31.0 Å². The highest BCUT2D eigenvalue weighted by Crippen LogP contribution is 2.42. The summed E-state index contributed by atoms with van der Waals surface area (Å²) in [6, 6.07) is 0. The monoisotopic (exact) mass is 358 g/mol. The van der Waals surface area contributed by atoms with E-state index in [9.17, 15) is 9.67 Å². The van der Waals surface area contributed by atoms with E-state index in [0.29, 0.717) is 11.3 Å². The molecule has 3 heterocycles. The van der Waals surface area contributed by atoms with Crippen LogP contribution in [0.15, 0.2) is 6.33 Å². The molecule has 12 heteroatoms. The largest absolute Gasteiger partial charge is 0.387 e. The second-order valence-corrected chi connectivity index (χ2v) is 5.90. The lowest BCUT2D eigenvalue weighted by molar-refractivity contribution is -0.0530. The average molecular weight is 358 g/mol. The highest BCUT2D eigenvalue weighted by molar-refractivity contribution is 7.17. The number of hydrogen-bond acceptors (Lipinski definition) is 9. The van der Waals surface area contributed by atoms with Gasteiger partial charge in [-0.25, -0.2) is 13.9 Å². The molecule has 2 aromatic heterocycles. The molecular weight excluding hydrogens is 342 g/mol. The number of fused-ring (bicyclic) bond motifs is 1. The van der Waals surface area contributed by atoms with Gasteiger partial charge < -0.3 is 20.9 Å². The van der Waals surface area contributed by atoms with Crippen LogP contribution in [0.4, 0.5) is 16.2 Å².